The van der Waals surface area contributed by atoms with Gasteiger partial charge in [-0.15, -0.1) is 0 Å². The molecular weight excluding hydrogens is 250 g/mol. The standard InChI is InChI=1S/C16H33N3O/c1-13(2)15(8-9-17)6-7-16(20)18-14(3)12-19-10-4-5-11-19/h13-15H,4-12,17H2,1-3H3,(H,18,20). The van der Waals surface area contributed by atoms with Gasteiger partial charge in [0, 0.05) is 19.0 Å². The highest BCUT2D eigenvalue weighted by atomic mass is 16.1. The Kier molecular flexibility index (Phi) is 8.15. The number of nitrogens with one attached hydrogen (secondary N) is 1. The molecule has 0 aromatic heterocycles. The third kappa shape index (κ3) is 6.71. The van der Waals surface area contributed by atoms with Gasteiger partial charge >= 0.3 is 0 Å². The second kappa shape index (κ2) is 9.35. The first-order chi connectivity index (χ1) is 9.52. The summed E-state index contributed by atoms with van der Waals surface area (Å²) in [5.74, 6) is 1.37. The highest BCUT2D eigenvalue weighted by Crippen LogP contribution is 2.20. The molecule has 1 saturated heterocycles. The van der Waals surface area contributed by atoms with Crippen LogP contribution in [-0.2, 0) is 4.79 Å². The van der Waals surface area contributed by atoms with Gasteiger partial charge in [0.1, 0.15) is 0 Å². The van der Waals surface area contributed by atoms with Gasteiger partial charge in [0.05, 0.1) is 0 Å². The number of carbonyl (C=O) groups excluding carboxylic acids is 1. The predicted molar refractivity (Wildman–Crippen MR) is 84.5 cm³/mol. The van der Waals surface area contributed by atoms with Crippen molar-refractivity contribution >= 4 is 5.91 Å². The molecule has 4 heteroatoms. The van der Waals surface area contributed by atoms with E-state index in [1.165, 1.54) is 25.9 Å². The zero-order valence-electron chi connectivity index (χ0n) is 13.5. The van der Waals surface area contributed by atoms with E-state index in [9.17, 15) is 4.79 Å². The molecule has 0 bridgehead atoms. The highest BCUT2D eigenvalue weighted by Gasteiger charge is 2.17. The molecule has 1 fully saturated rings. The van der Waals surface area contributed by atoms with Gasteiger partial charge in [-0.25, -0.2) is 0 Å². The fourth-order valence-electron chi connectivity index (χ4n) is 3.09. The number of hydrogen-bond donors (Lipinski definition) is 2. The van der Waals surface area contributed by atoms with Gasteiger partial charge in [-0.1, -0.05) is 13.8 Å². The second-order valence-corrected chi connectivity index (χ2v) is 6.60. The van der Waals surface area contributed by atoms with E-state index in [2.05, 4.69) is 31.0 Å². The van der Waals surface area contributed by atoms with Crippen LogP contribution in [0.25, 0.3) is 0 Å². The van der Waals surface area contributed by atoms with Crippen LogP contribution in [-0.4, -0.2) is 43.0 Å². The summed E-state index contributed by atoms with van der Waals surface area (Å²) in [4.78, 5) is 14.4. The van der Waals surface area contributed by atoms with E-state index in [0.717, 1.165) is 25.9 Å². The van der Waals surface area contributed by atoms with E-state index in [1.54, 1.807) is 0 Å². The minimum atomic E-state index is 0.194. The first kappa shape index (κ1) is 17.4. The minimum Gasteiger partial charge on any atom is -0.352 e. The van der Waals surface area contributed by atoms with E-state index < -0.39 is 0 Å². The van der Waals surface area contributed by atoms with Crippen molar-refractivity contribution in [1.29, 1.82) is 0 Å². The van der Waals surface area contributed by atoms with Crippen molar-refractivity contribution in [3.05, 3.63) is 0 Å². The number of rotatable bonds is 9. The Balaban J connectivity index is 2.20. The Morgan fingerprint density at radius 1 is 1.20 bits per heavy atom. The molecule has 118 valence electrons. The molecule has 20 heavy (non-hydrogen) atoms. The van der Waals surface area contributed by atoms with Crippen LogP contribution in [0.15, 0.2) is 0 Å². The predicted octanol–water partition coefficient (Wildman–Crippen LogP) is 1.99. The molecule has 0 aliphatic carbocycles. The lowest BCUT2D eigenvalue weighted by Crippen LogP contribution is -2.41. The lowest BCUT2D eigenvalue weighted by molar-refractivity contribution is -0.122. The molecule has 1 amide bonds. The quantitative estimate of drug-likeness (QED) is 0.680. The average Bonchev–Trinajstić information content (AvgIpc) is 2.86. The summed E-state index contributed by atoms with van der Waals surface area (Å²) in [6.07, 6.45) is 5.21. The molecule has 0 aromatic rings. The zero-order valence-corrected chi connectivity index (χ0v) is 13.5. The summed E-state index contributed by atoms with van der Waals surface area (Å²) in [6.45, 7) is 10.6. The van der Waals surface area contributed by atoms with E-state index in [-0.39, 0.29) is 11.9 Å². The number of carbonyl (C=O) groups is 1. The Morgan fingerprint density at radius 2 is 1.85 bits per heavy atom. The van der Waals surface area contributed by atoms with Crippen LogP contribution in [0, 0.1) is 11.8 Å². The molecule has 1 heterocycles. The van der Waals surface area contributed by atoms with Crippen LogP contribution in [0.3, 0.4) is 0 Å². The van der Waals surface area contributed by atoms with Crippen LogP contribution in [0.1, 0.15) is 52.9 Å². The topological polar surface area (TPSA) is 58.4 Å². The largest absolute Gasteiger partial charge is 0.352 e. The maximum absolute atomic E-state index is 12.0. The number of amides is 1. The minimum absolute atomic E-state index is 0.194. The van der Waals surface area contributed by atoms with Gasteiger partial charge < -0.3 is 16.0 Å². The van der Waals surface area contributed by atoms with E-state index in [1.807, 2.05) is 0 Å². The van der Waals surface area contributed by atoms with Gasteiger partial charge in [0.25, 0.3) is 0 Å². The number of likely N-dealkylation sites (tertiary alicyclic amines) is 1. The molecule has 1 aliphatic rings. The maximum Gasteiger partial charge on any atom is 0.220 e. The summed E-state index contributed by atoms with van der Waals surface area (Å²) in [5.41, 5.74) is 5.64. The molecule has 1 rings (SSSR count). The van der Waals surface area contributed by atoms with Crippen LogP contribution in [0.5, 0.6) is 0 Å². The van der Waals surface area contributed by atoms with Gasteiger partial charge in [-0.3, -0.25) is 4.79 Å². The molecule has 0 saturated carbocycles. The van der Waals surface area contributed by atoms with Gasteiger partial charge in [0.2, 0.25) is 5.91 Å². The fourth-order valence-corrected chi connectivity index (χ4v) is 3.09. The average molecular weight is 283 g/mol. The van der Waals surface area contributed by atoms with Gasteiger partial charge in [0.15, 0.2) is 0 Å². The fraction of sp³-hybridized carbons (Fsp3) is 0.938. The first-order valence-electron chi connectivity index (χ1n) is 8.24. The molecular formula is C16H33N3O. The number of nitrogens with zero attached hydrogens (tertiary/aromatic N) is 1. The Labute approximate surface area is 124 Å². The van der Waals surface area contributed by atoms with Crippen molar-refractivity contribution in [2.45, 2.75) is 58.9 Å². The smallest absolute Gasteiger partial charge is 0.220 e. The van der Waals surface area contributed by atoms with Crippen molar-refractivity contribution in [3.63, 3.8) is 0 Å². The van der Waals surface area contributed by atoms with Crippen molar-refractivity contribution < 1.29 is 4.79 Å². The molecule has 3 N–H and O–H groups in total. The Morgan fingerprint density at radius 3 is 2.40 bits per heavy atom. The molecule has 0 spiro atoms. The molecule has 2 unspecified atom stereocenters. The first-order valence-corrected chi connectivity index (χ1v) is 8.24. The number of hydrogen-bond acceptors (Lipinski definition) is 3. The van der Waals surface area contributed by atoms with Crippen molar-refractivity contribution in [2.24, 2.45) is 17.6 Å². The molecule has 0 aromatic carbocycles. The lowest BCUT2D eigenvalue weighted by Gasteiger charge is -2.23. The second-order valence-electron chi connectivity index (χ2n) is 6.60. The molecule has 1 aliphatic heterocycles. The van der Waals surface area contributed by atoms with Gasteiger partial charge in [-0.05, 0) is 64.1 Å². The third-order valence-electron chi connectivity index (χ3n) is 4.36. The zero-order chi connectivity index (χ0) is 15.0. The van der Waals surface area contributed by atoms with Gasteiger partial charge in [-0.2, -0.15) is 0 Å². The van der Waals surface area contributed by atoms with E-state index >= 15 is 0 Å². The van der Waals surface area contributed by atoms with Crippen molar-refractivity contribution in [1.82, 2.24) is 10.2 Å². The Bertz CT molecular complexity index is 275. The normalized spacial score (nSPS) is 19.2. The van der Waals surface area contributed by atoms with E-state index in [0.29, 0.717) is 18.3 Å². The summed E-state index contributed by atoms with van der Waals surface area (Å²) in [7, 11) is 0. The van der Waals surface area contributed by atoms with Crippen LogP contribution in [0.4, 0.5) is 0 Å². The van der Waals surface area contributed by atoms with Crippen LogP contribution in [0.2, 0.25) is 0 Å². The van der Waals surface area contributed by atoms with Crippen molar-refractivity contribution in [3.8, 4) is 0 Å². The van der Waals surface area contributed by atoms with Crippen LogP contribution < -0.4 is 11.1 Å². The Hall–Kier alpha value is -0.610. The molecule has 4 nitrogen and oxygen atoms in total. The SMILES string of the molecule is CC(CN1CCCC1)NC(=O)CCC(CCN)C(C)C. The third-order valence-corrected chi connectivity index (χ3v) is 4.36. The summed E-state index contributed by atoms with van der Waals surface area (Å²) in [5, 5.41) is 3.13. The summed E-state index contributed by atoms with van der Waals surface area (Å²) in [6, 6.07) is 0.257. The maximum atomic E-state index is 12.0. The van der Waals surface area contributed by atoms with Crippen molar-refractivity contribution in [2.75, 3.05) is 26.2 Å². The monoisotopic (exact) mass is 283 g/mol. The van der Waals surface area contributed by atoms with E-state index in [4.69, 9.17) is 5.73 Å². The molecule has 2 atom stereocenters. The number of nitrogens with two attached hydrogens (primary N) is 1. The van der Waals surface area contributed by atoms with Crippen LogP contribution >= 0.6 is 0 Å². The summed E-state index contributed by atoms with van der Waals surface area (Å²) >= 11 is 0. The highest BCUT2D eigenvalue weighted by molar-refractivity contribution is 5.76. The summed E-state index contributed by atoms with van der Waals surface area (Å²) < 4.78 is 0. The lowest BCUT2D eigenvalue weighted by atomic mass is 9.88. The molecule has 0 radical (unpaired) electrons.